The van der Waals surface area contributed by atoms with Gasteiger partial charge in [-0.2, -0.15) is 11.5 Å². The Morgan fingerprint density at radius 3 is 2.58 bits per heavy atom. The Morgan fingerprint density at radius 1 is 1.19 bits per heavy atom. The van der Waals surface area contributed by atoms with E-state index in [1.54, 1.807) is 0 Å². The average Bonchev–Trinajstić information content (AvgIpc) is 3.15. The van der Waals surface area contributed by atoms with E-state index >= 15 is 0 Å². The maximum atomic E-state index is 13.1. The normalized spacial score (nSPS) is 24.0. The van der Waals surface area contributed by atoms with E-state index in [1.165, 1.54) is 0 Å². The average molecular weight is 659 g/mol. The Bertz CT molecular complexity index is 883. The Labute approximate surface area is 246 Å². The van der Waals surface area contributed by atoms with Gasteiger partial charge in [-0.3, -0.25) is 9.69 Å². The first-order valence-electron chi connectivity index (χ1n) is 12.4. The zero-order valence-electron chi connectivity index (χ0n) is 20.5. The van der Waals surface area contributed by atoms with Gasteiger partial charge >= 0.3 is 22.4 Å². The van der Waals surface area contributed by atoms with Crippen LogP contribution in [0.15, 0.2) is 23.2 Å². The number of carbonyl (C=O) groups excluding carboxylic acids is 1. The van der Waals surface area contributed by atoms with E-state index in [9.17, 15) is 9.90 Å². The summed E-state index contributed by atoms with van der Waals surface area (Å²) in [5, 5.41) is 13.2. The molecule has 2 aliphatic heterocycles. The number of benzene rings is 1. The predicted octanol–water partition coefficient (Wildman–Crippen LogP) is 3.33. The molecule has 0 amide bonds. The summed E-state index contributed by atoms with van der Waals surface area (Å²) in [6.45, 7) is 5.08. The first-order chi connectivity index (χ1) is 17.4. The molecule has 200 valence electrons. The van der Waals surface area contributed by atoms with Crippen molar-refractivity contribution in [2.24, 2.45) is 10.9 Å². The van der Waals surface area contributed by atoms with Crippen molar-refractivity contribution in [2.75, 3.05) is 44.2 Å². The summed E-state index contributed by atoms with van der Waals surface area (Å²) >= 11 is 23.4. The van der Waals surface area contributed by atoms with Gasteiger partial charge in [-0.25, -0.2) is 0 Å². The number of rotatable bonds is 13. The SMILES string of the molecule is CCC(=O)[C@H]1[C@@H](c2ccc(Cl)c(Cl)c2)C[C@@H]2CC[C@H]1N2CCCN(CC[S-])CC([O-])=NCC[S-].[O]=[99Tc+3]. The van der Waals surface area contributed by atoms with Crippen LogP contribution in [0.25, 0.3) is 0 Å². The molecule has 2 saturated heterocycles. The van der Waals surface area contributed by atoms with E-state index in [0.717, 1.165) is 63.2 Å². The molecule has 2 heterocycles. The summed E-state index contributed by atoms with van der Waals surface area (Å²) in [6, 6.07) is 6.53. The first kappa shape index (κ1) is 32.2. The van der Waals surface area contributed by atoms with E-state index in [0.29, 0.717) is 59.4 Å². The van der Waals surface area contributed by atoms with Gasteiger partial charge in [0.1, 0.15) is 5.78 Å². The number of Topliss-reactive ketones (excluding diaryl/α,β-unsaturated/α-hetero) is 1. The number of ketones is 1. The van der Waals surface area contributed by atoms with Gasteiger partial charge in [-0.1, -0.05) is 36.2 Å². The van der Waals surface area contributed by atoms with Crippen LogP contribution in [-0.4, -0.2) is 77.8 Å². The fraction of sp³-hybridized carbons (Fsp3) is 0.680. The summed E-state index contributed by atoms with van der Waals surface area (Å²) in [5.74, 6) is 1.41. The van der Waals surface area contributed by atoms with Crippen LogP contribution in [0.3, 0.4) is 0 Å². The Morgan fingerprint density at radius 2 is 1.94 bits per heavy atom. The fourth-order valence-electron chi connectivity index (χ4n) is 5.71. The number of carbonyl (C=O) groups is 1. The molecular formula is C25H34Cl2N3O3S2Tc. The number of hydrogen-bond acceptors (Lipinski definition) is 8. The fourth-order valence-corrected chi connectivity index (χ4v) is 6.37. The molecule has 1 aromatic rings. The quantitative estimate of drug-likeness (QED) is 0.183. The van der Waals surface area contributed by atoms with Crippen LogP contribution < -0.4 is 5.11 Å². The van der Waals surface area contributed by atoms with Gasteiger partial charge in [-0.05, 0) is 74.8 Å². The van der Waals surface area contributed by atoms with Gasteiger partial charge in [0.05, 0.1) is 10.0 Å². The van der Waals surface area contributed by atoms with Gasteiger partial charge in [-0.15, -0.1) is 0 Å². The minimum absolute atomic E-state index is 0.0245. The van der Waals surface area contributed by atoms with Gasteiger partial charge in [0.25, 0.3) is 0 Å². The van der Waals surface area contributed by atoms with Crippen LogP contribution >= 0.6 is 23.2 Å². The van der Waals surface area contributed by atoms with Crippen molar-refractivity contribution in [3.8, 4) is 0 Å². The third-order valence-electron chi connectivity index (χ3n) is 7.19. The molecule has 6 nitrogen and oxygen atoms in total. The van der Waals surface area contributed by atoms with Gasteiger partial charge < -0.3 is 40.3 Å². The molecule has 2 bridgehead atoms. The molecule has 11 heteroatoms. The van der Waals surface area contributed by atoms with E-state index in [4.69, 9.17) is 52.0 Å². The van der Waals surface area contributed by atoms with Gasteiger partial charge in [0.2, 0.25) is 0 Å². The first-order valence-corrected chi connectivity index (χ1v) is 15.0. The van der Waals surface area contributed by atoms with E-state index in [2.05, 4.69) is 14.8 Å². The monoisotopic (exact) mass is 657 g/mol. The molecule has 0 aliphatic carbocycles. The molecule has 2 fully saturated rings. The van der Waals surface area contributed by atoms with Crippen molar-refractivity contribution < 1.29 is 32.3 Å². The molecule has 3 rings (SSSR count). The number of aliphatic imine (C=N–C) groups is 1. The molecule has 0 aromatic heterocycles. The molecule has 0 N–H and O–H groups in total. The van der Waals surface area contributed by atoms with Crippen LogP contribution in [0, 0.1) is 5.92 Å². The zero-order valence-corrected chi connectivity index (χ0v) is 25.5. The summed E-state index contributed by atoms with van der Waals surface area (Å²) in [6.07, 6.45) is 4.60. The maximum absolute atomic E-state index is 13.1. The number of halogens is 2. The second kappa shape index (κ2) is 16.9. The van der Waals surface area contributed by atoms with Gasteiger partial charge in [0.15, 0.2) is 0 Å². The third kappa shape index (κ3) is 8.77. The van der Waals surface area contributed by atoms with Crippen molar-refractivity contribution in [1.29, 1.82) is 0 Å². The second-order valence-electron chi connectivity index (χ2n) is 9.21. The Kier molecular flexibility index (Phi) is 15.1. The molecule has 0 saturated carbocycles. The number of nitrogens with zero attached hydrogens (tertiary/aromatic N) is 3. The van der Waals surface area contributed by atoms with Crippen molar-refractivity contribution in [3.05, 3.63) is 33.8 Å². The Hall–Kier alpha value is 0.00935. The molecule has 2 aliphatic rings. The van der Waals surface area contributed by atoms with E-state index in [-0.39, 0.29) is 23.8 Å². The minimum atomic E-state index is -0.121. The summed E-state index contributed by atoms with van der Waals surface area (Å²) < 4.78 is 8.22. The summed E-state index contributed by atoms with van der Waals surface area (Å²) in [4.78, 5) is 21.8. The van der Waals surface area contributed by atoms with Crippen molar-refractivity contribution >= 4 is 60.1 Å². The topological polar surface area (TPSA) is 76.0 Å². The van der Waals surface area contributed by atoms with Crippen LogP contribution in [0.1, 0.15) is 50.5 Å². The third-order valence-corrected chi connectivity index (χ3v) is 8.30. The van der Waals surface area contributed by atoms with Crippen molar-refractivity contribution in [3.63, 3.8) is 0 Å². The molecule has 0 spiro atoms. The molecule has 1 aromatic carbocycles. The summed E-state index contributed by atoms with van der Waals surface area (Å²) in [7, 11) is 0. The van der Waals surface area contributed by atoms with Crippen LogP contribution in [-0.2, 0) is 52.4 Å². The number of hydrogen-bond donors (Lipinski definition) is 0. The van der Waals surface area contributed by atoms with Crippen LogP contribution in [0.5, 0.6) is 0 Å². The molecule has 0 unspecified atom stereocenters. The second-order valence-corrected chi connectivity index (χ2v) is 10.8. The van der Waals surface area contributed by atoms with Crippen molar-refractivity contribution in [2.45, 2.75) is 57.0 Å². The van der Waals surface area contributed by atoms with Gasteiger partial charge in [0, 0.05) is 37.5 Å². The van der Waals surface area contributed by atoms with E-state index < -0.39 is 0 Å². The standard InChI is InChI=1S/C25H37Cl2N3O2S2.O.Tc/c1-2-23(31)25-19(17-4-6-20(26)21(27)14-17)15-18-5-7-22(25)30(18)10-3-9-29(11-13-34)16-24(32)28-8-12-33;;/h4,6,14,18-19,22,25,33-34H,2-3,5,7-13,15-16H2,1H3,(H,28,32);;/q;;+3/p-3/t18-,19+,22+,25-;;/m0../s1/i;;1+1. The van der Waals surface area contributed by atoms with Crippen LogP contribution in [0.4, 0.5) is 0 Å². The number of fused-ring (bicyclic) bond motifs is 2. The molecule has 4 atom stereocenters. The van der Waals surface area contributed by atoms with E-state index in [1.807, 2.05) is 25.1 Å². The zero-order chi connectivity index (χ0) is 26.7. The van der Waals surface area contributed by atoms with Crippen LogP contribution in [0.2, 0.25) is 10.0 Å². The molecule has 36 heavy (non-hydrogen) atoms. The predicted molar refractivity (Wildman–Crippen MR) is 145 cm³/mol. The molecular weight excluding hydrogens is 624 g/mol. The summed E-state index contributed by atoms with van der Waals surface area (Å²) in [5.41, 5.74) is 1.12. The number of piperidine rings is 1. The molecule has 0 radical (unpaired) electrons. The Balaban J connectivity index is 0.00000222. The van der Waals surface area contributed by atoms with Crippen molar-refractivity contribution in [1.82, 2.24) is 9.80 Å².